The molecule has 2 heterocycles. The fourth-order valence-electron chi connectivity index (χ4n) is 10.4. The van der Waals surface area contributed by atoms with E-state index in [4.69, 9.17) is 9.97 Å². The van der Waals surface area contributed by atoms with E-state index >= 15 is 4.39 Å². The first-order valence-electron chi connectivity index (χ1n) is 26.7. The van der Waals surface area contributed by atoms with Crippen LogP contribution in [0.25, 0.3) is 89.6 Å². The summed E-state index contributed by atoms with van der Waals surface area (Å²) >= 11 is -2.33. The maximum atomic E-state index is 15.6. The van der Waals surface area contributed by atoms with Crippen LogP contribution in [-0.2, 0) is 37.3 Å². The largest absolute Gasteiger partial charge is 0 e. The summed E-state index contributed by atoms with van der Waals surface area (Å²) in [6, 6.07) is 59.0. The predicted molar refractivity (Wildman–Crippen MR) is 325 cm³/mol. The molecule has 10 aromatic rings. The number of para-hydroxylation sites is 1. The van der Waals surface area contributed by atoms with Crippen LogP contribution >= 0.6 is 0 Å². The van der Waals surface area contributed by atoms with Gasteiger partial charge in [0, 0.05) is 32.2 Å². The third-order valence-electron chi connectivity index (χ3n) is 15.0. The molecule has 0 atom stereocenters. The molecule has 10 rings (SSSR count). The summed E-state index contributed by atoms with van der Waals surface area (Å²) in [5.41, 5.74) is 14.7. The van der Waals surface area contributed by atoms with Gasteiger partial charge in [0.15, 0.2) is 0 Å². The van der Waals surface area contributed by atoms with Crippen LogP contribution in [0.2, 0.25) is 36.9 Å². The second kappa shape index (κ2) is 20.3. The van der Waals surface area contributed by atoms with Crippen molar-refractivity contribution in [2.75, 3.05) is 0 Å². The number of hydrogen-bond donors (Lipinski definition) is 1. The number of phenolic OH excluding ortho intramolecular Hbond substituents is 1. The van der Waals surface area contributed by atoms with E-state index in [1.807, 2.05) is 6.07 Å². The topological polar surface area (TPSA) is 55.9 Å². The van der Waals surface area contributed by atoms with Crippen molar-refractivity contribution in [2.45, 2.75) is 115 Å². The zero-order chi connectivity index (χ0) is 54.4. The summed E-state index contributed by atoms with van der Waals surface area (Å²) in [7, 11) is -1.77. The monoisotopic (exact) mass is 1280 g/mol. The van der Waals surface area contributed by atoms with E-state index in [9.17, 15) is 5.11 Å². The van der Waals surface area contributed by atoms with Gasteiger partial charge >= 0.3 is 250 Å². The van der Waals surface area contributed by atoms with Crippen LogP contribution in [0, 0.1) is 11.9 Å². The fourth-order valence-corrected chi connectivity index (χ4v) is 14.0. The quantitative estimate of drug-likeness (QED) is 0.116. The molecule has 0 fully saturated rings. The molecule has 0 radical (unpaired) electrons. The van der Waals surface area contributed by atoms with Crippen LogP contribution in [-0.4, -0.2) is 45.5 Å². The van der Waals surface area contributed by atoms with Gasteiger partial charge in [-0.3, -0.25) is 4.57 Å². The van der Waals surface area contributed by atoms with E-state index < -0.39 is 21.3 Å². The molecule has 396 valence electrons. The van der Waals surface area contributed by atoms with E-state index in [0.29, 0.717) is 28.2 Å². The molecule has 0 spiro atoms. The van der Waals surface area contributed by atoms with Crippen LogP contribution in [0.5, 0.6) is 5.75 Å². The standard InChI is InChI=1S/C68H72FGeN4OSi.Pt/c1-66(2,3)47-36-45(35-46(37-47)64-71-57-32-29-49(69)40-61(57)74(64)58-33-30-50(70(10,11)12)41-53(58)43-23-18-16-19-24-43)52-27-22-28-60-62(52)72-65(55-38-48(67(4,5)6)39-56(63(55)75)68(7,8)9)73(60)59-34-31-51(76(13,14)15)42-54(59)44-25-20-17-21-26-44;/h16-34,36-42,75H,1-15H3;/q-1;. The van der Waals surface area contributed by atoms with E-state index in [0.717, 1.165) is 78.0 Å². The molecule has 5 nitrogen and oxygen atoms in total. The number of hydrogen-bond acceptors (Lipinski definition) is 3. The minimum Gasteiger partial charge on any atom is 0 e. The molecule has 0 bridgehead atoms. The van der Waals surface area contributed by atoms with Crippen molar-refractivity contribution >= 4 is 53.0 Å². The molecule has 0 aliphatic heterocycles. The van der Waals surface area contributed by atoms with Gasteiger partial charge in [-0.1, -0.05) is 115 Å². The zero-order valence-electron chi connectivity index (χ0n) is 47.4. The Hall–Kier alpha value is -6.12. The van der Waals surface area contributed by atoms with Gasteiger partial charge in [-0.05, 0) is 40.2 Å². The molecule has 0 unspecified atom stereocenters. The second-order valence-electron chi connectivity index (χ2n) is 25.9. The summed E-state index contributed by atoms with van der Waals surface area (Å²) in [6.45, 7) is 27.0. The third-order valence-corrected chi connectivity index (χ3v) is 21.3. The van der Waals surface area contributed by atoms with Gasteiger partial charge in [0.25, 0.3) is 0 Å². The maximum Gasteiger partial charge on any atom is 0 e. The fraction of sp³-hybridized carbons (Fsp3) is 0.265. The molecule has 8 aromatic carbocycles. The average Bonchev–Trinajstić information content (AvgIpc) is 4.01. The van der Waals surface area contributed by atoms with Crippen molar-refractivity contribution in [3.63, 3.8) is 0 Å². The maximum absolute atomic E-state index is 15.6. The number of nitrogens with zero attached hydrogens (tertiary/aromatic N) is 4. The second-order valence-corrected chi connectivity index (χ2v) is 41.6. The number of halogens is 1. The smallest absolute Gasteiger partial charge is 0 e. The van der Waals surface area contributed by atoms with Gasteiger partial charge in [0.2, 0.25) is 0 Å². The van der Waals surface area contributed by atoms with Crippen molar-refractivity contribution in [3.05, 3.63) is 186 Å². The van der Waals surface area contributed by atoms with Crippen molar-refractivity contribution < 1.29 is 30.6 Å². The molecule has 0 aliphatic rings. The molecule has 77 heavy (non-hydrogen) atoms. The zero-order valence-corrected chi connectivity index (χ0v) is 52.8. The van der Waals surface area contributed by atoms with Crippen molar-refractivity contribution in [2.24, 2.45) is 0 Å². The molecule has 0 saturated heterocycles. The van der Waals surface area contributed by atoms with Crippen LogP contribution in [0.15, 0.2) is 158 Å². The number of benzene rings is 8. The Morgan fingerprint density at radius 3 is 1.68 bits per heavy atom. The molecule has 0 aliphatic carbocycles. The molecule has 0 saturated carbocycles. The average molecular weight is 1280 g/mol. The van der Waals surface area contributed by atoms with E-state index in [1.165, 1.54) is 15.6 Å². The first kappa shape index (κ1) is 55.6. The van der Waals surface area contributed by atoms with Crippen molar-refractivity contribution in [1.82, 2.24) is 19.1 Å². The van der Waals surface area contributed by atoms with E-state index in [-0.39, 0.29) is 48.9 Å². The van der Waals surface area contributed by atoms with Crippen LogP contribution in [0.1, 0.15) is 79.0 Å². The van der Waals surface area contributed by atoms with Gasteiger partial charge < -0.3 is 5.11 Å². The Balaban J connectivity index is 0.00000722. The van der Waals surface area contributed by atoms with Crippen LogP contribution in [0.3, 0.4) is 0 Å². The van der Waals surface area contributed by atoms with Gasteiger partial charge in [0.05, 0.1) is 19.3 Å². The summed E-state index contributed by atoms with van der Waals surface area (Å²) in [5.74, 6) is 8.47. The summed E-state index contributed by atoms with van der Waals surface area (Å²) < 4.78 is 21.4. The number of fused-ring (bicyclic) bond motifs is 2. The van der Waals surface area contributed by atoms with E-state index in [2.05, 4.69) is 248 Å². The van der Waals surface area contributed by atoms with Gasteiger partial charge in [-0.25, -0.2) is 0 Å². The SMILES string of the molecule is CC(C)(C)c1cc(-c2cccc3c2nc(-c2cc(C(C)(C)C)cc(C(C)(C)C)c2O)n3-c2ccc([Si](C)(C)C)cc2-c2ccccc2)[c-]c(-c2nc3ccc(F)cc3n2-c2cc[c]([Ge]([CH3])([CH3])[CH3])cc2-c2ccccc2)c1.[Pt]. The number of aromatic nitrogens is 4. The molecule has 2 aromatic heterocycles. The Morgan fingerprint density at radius 2 is 1.09 bits per heavy atom. The van der Waals surface area contributed by atoms with Gasteiger partial charge in [-0.2, -0.15) is 0 Å². The minimum absolute atomic E-state index is 0. The Kier molecular flexibility index (Phi) is 14.6. The predicted octanol–water partition coefficient (Wildman–Crippen LogP) is 17.3. The normalized spacial score (nSPS) is 12.6. The first-order chi connectivity index (χ1) is 35.7. The Labute approximate surface area is 474 Å². The van der Waals surface area contributed by atoms with Crippen LogP contribution < -0.4 is 9.58 Å². The number of rotatable bonds is 9. The van der Waals surface area contributed by atoms with Crippen LogP contribution in [0.4, 0.5) is 4.39 Å². The van der Waals surface area contributed by atoms with E-state index in [1.54, 1.807) is 12.1 Å². The van der Waals surface area contributed by atoms with Gasteiger partial charge in [0.1, 0.15) is 11.6 Å². The molecule has 0 amide bonds. The number of phenols is 1. The molecule has 1 N–H and O–H groups in total. The van der Waals surface area contributed by atoms with Gasteiger partial charge in [-0.15, -0.1) is 0 Å². The van der Waals surface area contributed by atoms with Crippen molar-refractivity contribution in [1.29, 1.82) is 0 Å². The minimum atomic E-state index is -2.33. The Bertz CT molecular complexity index is 3860. The number of imidazole rings is 2. The van der Waals surface area contributed by atoms with Crippen molar-refractivity contribution in [3.8, 4) is 73.3 Å². The summed E-state index contributed by atoms with van der Waals surface area (Å²) in [5, 5.41) is 14.1. The third kappa shape index (κ3) is 10.8. The number of aromatic hydroxyl groups is 1. The first-order valence-corrected chi connectivity index (χ1v) is 37.6. The molecular formula is C68H72FGeN4OPtSi-. The molecular weight excluding hydrogens is 1200 g/mol. The summed E-state index contributed by atoms with van der Waals surface area (Å²) in [6.07, 6.45) is 0. The summed E-state index contributed by atoms with van der Waals surface area (Å²) in [4.78, 5) is 11.1. The molecule has 9 heteroatoms. The Morgan fingerprint density at radius 1 is 0.519 bits per heavy atom.